The molecule has 2 rings (SSSR count). The molecule has 6 nitrogen and oxygen atoms in total. The molecule has 0 atom stereocenters. The topological polar surface area (TPSA) is 76.3 Å². The Morgan fingerprint density at radius 2 is 2.00 bits per heavy atom. The number of aryl methyl sites for hydroxylation is 1. The van der Waals surface area contributed by atoms with Gasteiger partial charge < -0.3 is 4.42 Å². The molecular weight excluding hydrogens is 266 g/mol. The Hall–Kier alpha value is -0.950. The van der Waals surface area contributed by atoms with E-state index in [1.807, 2.05) is 6.92 Å². The second-order valence-corrected chi connectivity index (χ2v) is 7.09. The first kappa shape index (κ1) is 14.5. The summed E-state index contributed by atoms with van der Waals surface area (Å²) in [6.45, 7) is 4.87. The number of hydrogen-bond donors (Lipinski definition) is 0. The predicted octanol–water partition coefficient (Wildman–Crippen LogP) is 1.69. The summed E-state index contributed by atoms with van der Waals surface area (Å²) in [6.07, 6.45) is 3.14. The predicted molar refractivity (Wildman–Crippen MR) is 71.3 cm³/mol. The Labute approximate surface area is 114 Å². The van der Waals surface area contributed by atoms with E-state index in [-0.39, 0.29) is 11.7 Å². The summed E-state index contributed by atoms with van der Waals surface area (Å²) in [6, 6.07) is 0. The van der Waals surface area contributed by atoms with Crippen molar-refractivity contribution in [3.05, 3.63) is 11.8 Å². The summed E-state index contributed by atoms with van der Waals surface area (Å²) < 4.78 is 31.2. The van der Waals surface area contributed by atoms with Crippen LogP contribution in [0.3, 0.4) is 0 Å². The van der Waals surface area contributed by atoms with E-state index < -0.39 is 10.0 Å². The Bertz CT molecular complexity index is 504. The normalized spacial score (nSPS) is 18.8. The molecule has 0 bridgehead atoms. The molecule has 0 aliphatic carbocycles. The van der Waals surface area contributed by atoms with Crippen LogP contribution in [-0.4, -0.2) is 41.8 Å². The average molecular weight is 287 g/mol. The first-order valence-electron chi connectivity index (χ1n) is 6.80. The van der Waals surface area contributed by atoms with Crippen molar-refractivity contribution in [2.24, 2.45) is 0 Å². The largest absolute Gasteiger partial charge is 0.425 e. The lowest BCUT2D eigenvalue weighted by Crippen LogP contribution is -2.39. The Morgan fingerprint density at radius 1 is 1.32 bits per heavy atom. The van der Waals surface area contributed by atoms with Gasteiger partial charge in [-0.15, -0.1) is 10.2 Å². The summed E-state index contributed by atoms with van der Waals surface area (Å²) >= 11 is 0. The fourth-order valence-electron chi connectivity index (χ4n) is 2.31. The van der Waals surface area contributed by atoms with Crippen LogP contribution in [0.5, 0.6) is 0 Å². The quantitative estimate of drug-likeness (QED) is 0.823. The van der Waals surface area contributed by atoms with Gasteiger partial charge in [-0.1, -0.05) is 13.3 Å². The maximum absolute atomic E-state index is 12.1. The van der Waals surface area contributed by atoms with Gasteiger partial charge in [-0.25, -0.2) is 12.7 Å². The van der Waals surface area contributed by atoms with Gasteiger partial charge in [-0.05, 0) is 19.3 Å². The Balaban J connectivity index is 1.92. The molecule has 0 amide bonds. The third kappa shape index (κ3) is 3.54. The van der Waals surface area contributed by atoms with Crippen molar-refractivity contribution in [1.29, 1.82) is 0 Å². The van der Waals surface area contributed by atoms with E-state index in [9.17, 15) is 8.42 Å². The van der Waals surface area contributed by atoms with E-state index in [0.29, 0.717) is 24.9 Å². The van der Waals surface area contributed by atoms with E-state index >= 15 is 0 Å². The number of piperidine rings is 1. The smallest absolute Gasteiger partial charge is 0.219 e. The van der Waals surface area contributed by atoms with E-state index in [1.165, 1.54) is 0 Å². The second-order valence-electron chi connectivity index (χ2n) is 5.00. The molecule has 7 heteroatoms. The fourth-order valence-corrected chi connectivity index (χ4v) is 3.99. The minimum absolute atomic E-state index is 0.193. The van der Waals surface area contributed by atoms with Crippen molar-refractivity contribution >= 4 is 10.0 Å². The maximum atomic E-state index is 12.1. The highest BCUT2D eigenvalue weighted by Gasteiger charge is 2.30. The zero-order chi connectivity index (χ0) is 13.9. The molecule has 1 aromatic heterocycles. The summed E-state index contributed by atoms with van der Waals surface area (Å²) in [5, 5.41) is 7.84. The van der Waals surface area contributed by atoms with Gasteiger partial charge in [-0.3, -0.25) is 0 Å². The molecule has 0 spiro atoms. The summed E-state index contributed by atoms with van der Waals surface area (Å²) in [7, 11) is -3.08. The first-order valence-corrected chi connectivity index (χ1v) is 8.41. The van der Waals surface area contributed by atoms with Crippen LogP contribution < -0.4 is 0 Å². The number of aromatic nitrogens is 2. The van der Waals surface area contributed by atoms with E-state index in [0.717, 1.165) is 25.7 Å². The first-order chi connectivity index (χ1) is 9.03. The molecule has 2 heterocycles. The highest BCUT2D eigenvalue weighted by atomic mass is 32.2. The summed E-state index contributed by atoms with van der Waals surface area (Å²) in [5.74, 6) is 1.66. The number of nitrogens with zero attached hydrogens (tertiary/aromatic N) is 3. The van der Waals surface area contributed by atoms with Gasteiger partial charge in [0, 0.05) is 25.9 Å². The third-order valence-electron chi connectivity index (χ3n) is 3.49. The molecule has 108 valence electrons. The average Bonchev–Trinajstić information content (AvgIpc) is 2.83. The number of hydrogen-bond acceptors (Lipinski definition) is 5. The maximum Gasteiger partial charge on any atom is 0.219 e. The van der Waals surface area contributed by atoms with E-state index in [2.05, 4.69) is 10.2 Å². The van der Waals surface area contributed by atoms with Gasteiger partial charge in [0.2, 0.25) is 21.8 Å². The van der Waals surface area contributed by atoms with Crippen LogP contribution in [0.4, 0.5) is 0 Å². The summed E-state index contributed by atoms with van der Waals surface area (Å²) in [5.41, 5.74) is 0. The molecule has 0 N–H and O–H groups in total. The molecule has 0 aromatic carbocycles. The van der Waals surface area contributed by atoms with Gasteiger partial charge in [0.05, 0.1) is 5.75 Å². The van der Waals surface area contributed by atoms with Crippen molar-refractivity contribution in [3.8, 4) is 0 Å². The molecule has 0 saturated carbocycles. The van der Waals surface area contributed by atoms with E-state index in [4.69, 9.17) is 4.42 Å². The van der Waals surface area contributed by atoms with Crippen molar-refractivity contribution in [3.63, 3.8) is 0 Å². The second kappa shape index (κ2) is 6.00. The lowest BCUT2D eigenvalue weighted by Gasteiger charge is -2.29. The third-order valence-corrected chi connectivity index (χ3v) is 5.45. The Morgan fingerprint density at radius 3 is 2.53 bits per heavy atom. The molecule has 19 heavy (non-hydrogen) atoms. The Kier molecular flexibility index (Phi) is 4.57. The van der Waals surface area contributed by atoms with Crippen LogP contribution in [0.2, 0.25) is 0 Å². The highest BCUT2D eigenvalue weighted by Crippen LogP contribution is 2.28. The summed E-state index contributed by atoms with van der Waals surface area (Å²) in [4.78, 5) is 0. The van der Waals surface area contributed by atoms with Gasteiger partial charge in [0.1, 0.15) is 0 Å². The monoisotopic (exact) mass is 287 g/mol. The van der Waals surface area contributed by atoms with Crippen LogP contribution in [0, 0.1) is 6.92 Å². The lowest BCUT2D eigenvalue weighted by atomic mass is 9.98. The zero-order valence-electron chi connectivity index (χ0n) is 11.5. The number of rotatable bonds is 5. The number of sulfonamides is 1. The van der Waals surface area contributed by atoms with Crippen LogP contribution >= 0.6 is 0 Å². The van der Waals surface area contributed by atoms with Crippen LogP contribution in [0.15, 0.2) is 4.42 Å². The van der Waals surface area contributed by atoms with Crippen LogP contribution in [0.25, 0.3) is 0 Å². The molecule has 0 unspecified atom stereocenters. The number of unbranched alkanes of at least 4 members (excludes halogenated alkanes) is 1. The highest BCUT2D eigenvalue weighted by molar-refractivity contribution is 7.89. The minimum Gasteiger partial charge on any atom is -0.425 e. The molecule has 1 aromatic rings. The van der Waals surface area contributed by atoms with Crippen LogP contribution in [0.1, 0.15) is 50.3 Å². The molecular formula is C12H21N3O3S. The van der Waals surface area contributed by atoms with Crippen molar-refractivity contribution in [1.82, 2.24) is 14.5 Å². The molecule has 1 fully saturated rings. The molecule has 1 aliphatic heterocycles. The molecule has 1 saturated heterocycles. The van der Waals surface area contributed by atoms with Crippen molar-refractivity contribution in [2.45, 2.75) is 45.4 Å². The van der Waals surface area contributed by atoms with Crippen molar-refractivity contribution < 1.29 is 12.8 Å². The van der Waals surface area contributed by atoms with Gasteiger partial charge in [0.25, 0.3) is 0 Å². The zero-order valence-corrected chi connectivity index (χ0v) is 12.3. The van der Waals surface area contributed by atoms with Gasteiger partial charge in [0.15, 0.2) is 0 Å². The molecule has 0 radical (unpaired) electrons. The van der Waals surface area contributed by atoms with Gasteiger partial charge in [-0.2, -0.15) is 0 Å². The van der Waals surface area contributed by atoms with Gasteiger partial charge >= 0.3 is 0 Å². The standard InChI is InChI=1S/C12H21N3O3S/c1-3-4-9-19(16,17)15-7-5-11(6-8-15)12-14-13-10(2)18-12/h11H,3-9H2,1-2H3. The minimum atomic E-state index is -3.08. The van der Waals surface area contributed by atoms with Crippen molar-refractivity contribution in [2.75, 3.05) is 18.8 Å². The molecule has 1 aliphatic rings. The fraction of sp³-hybridized carbons (Fsp3) is 0.833. The SMILES string of the molecule is CCCCS(=O)(=O)N1CCC(c2nnc(C)o2)CC1. The van der Waals surface area contributed by atoms with E-state index in [1.54, 1.807) is 11.2 Å². The van der Waals surface area contributed by atoms with Crippen LogP contribution in [-0.2, 0) is 10.0 Å². The lowest BCUT2D eigenvalue weighted by molar-refractivity contribution is 0.287.